The molecule has 2 aromatic rings. The monoisotopic (exact) mass is 351 g/mol. The fraction of sp³-hybridized carbons (Fsp3) is 0.333. The molecule has 5 nitrogen and oxygen atoms in total. The van der Waals surface area contributed by atoms with Crippen LogP contribution in [0.5, 0.6) is 5.88 Å². The molecule has 26 heavy (non-hydrogen) atoms. The minimum absolute atomic E-state index is 0.0434. The number of benzene rings is 1. The molecule has 1 aromatic carbocycles. The zero-order valence-electron chi connectivity index (χ0n) is 15.2. The van der Waals surface area contributed by atoms with Crippen molar-refractivity contribution in [3.05, 3.63) is 65.9 Å². The summed E-state index contributed by atoms with van der Waals surface area (Å²) >= 11 is 0. The van der Waals surface area contributed by atoms with Crippen molar-refractivity contribution in [3.63, 3.8) is 0 Å². The highest BCUT2D eigenvalue weighted by Gasteiger charge is 2.20. The van der Waals surface area contributed by atoms with Crippen molar-refractivity contribution in [2.45, 2.75) is 6.42 Å². The molecule has 0 radical (unpaired) electrons. The molecule has 1 aliphatic rings. The van der Waals surface area contributed by atoms with E-state index >= 15 is 0 Å². The predicted octanol–water partition coefficient (Wildman–Crippen LogP) is 2.95. The highest BCUT2D eigenvalue weighted by molar-refractivity contribution is 5.94. The summed E-state index contributed by atoms with van der Waals surface area (Å²) in [5.41, 5.74) is 1.83. The highest BCUT2D eigenvalue weighted by atomic mass is 16.5. The molecule has 1 saturated heterocycles. The summed E-state index contributed by atoms with van der Waals surface area (Å²) in [6, 6.07) is 13.8. The largest absolute Gasteiger partial charge is 0.481 e. The van der Waals surface area contributed by atoms with Crippen molar-refractivity contribution in [2.24, 2.45) is 0 Å². The molecule has 2 heterocycles. The van der Waals surface area contributed by atoms with Crippen molar-refractivity contribution in [2.75, 3.05) is 39.8 Å². The molecule has 136 valence electrons. The Kier molecular flexibility index (Phi) is 6.39. The van der Waals surface area contributed by atoms with E-state index in [4.69, 9.17) is 4.74 Å². The second kappa shape index (κ2) is 9.15. The van der Waals surface area contributed by atoms with Gasteiger partial charge in [-0.1, -0.05) is 42.5 Å². The minimum atomic E-state index is 0.0434. The maximum absolute atomic E-state index is 12.7. The maximum atomic E-state index is 12.7. The van der Waals surface area contributed by atoms with Gasteiger partial charge in [0, 0.05) is 45.0 Å². The smallest absolute Gasteiger partial charge is 0.255 e. The summed E-state index contributed by atoms with van der Waals surface area (Å²) < 4.78 is 5.05. The lowest BCUT2D eigenvalue weighted by Gasteiger charge is -2.21. The Hall–Kier alpha value is -2.66. The van der Waals surface area contributed by atoms with Gasteiger partial charge in [-0.2, -0.15) is 0 Å². The molecule has 5 heteroatoms. The Balaban J connectivity index is 1.52. The summed E-state index contributed by atoms with van der Waals surface area (Å²) in [6.45, 7) is 4.31. The quantitative estimate of drug-likeness (QED) is 0.831. The fourth-order valence-electron chi connectivity index (χ4n) is 3.07. The van der Waals surface area contributed by atoms with Gasteiger partial charge in [0.15, 0.2) is 0 Å². The van der Waals surface area contributed by atoms with E-state index in [1.165, 1.54) is 5.56 Å². The Bertz CT molecular complexity index is 729. The number of rotatable bonds is 5. The lowest BCUT2D eigenvalue weighted by atomic mass is 10.2. The number of carbonyl (C=O) groups excluding carboxylic acids is 1. The summed E-state index contributed by atoms with van der Waals surface area (Å²) in [4.78, 5) is 21.1. The molecule has 3 rings (SSSR count). The van der Waals surface area contributed by atoms with Gasteiger partial charge in [0.25, 0.3) is 5.91 Å². The van der Waals surface area contributed by atoms with Gasteiger partial charge in [-0.25, -0.2) is 4.98 Å². The van der Waals surface area contributed by atoms with Gasteiger partial charge in [0.1, 0.15) is 0 Å². The van der Waals surface area contributed by atoms with E-state index in [-0.39, 0.29) is 5.91 Å². The van der Waals surface area contributed by atoms with Crippen LogP contribution in [-0.2, 0) is 0 Å². The van der Waals surface area contributed by atoms with Crippen molar-refractivity contribution < 1.29 is 9.53 Å². The van der Waals surface area contributed by atoms with Crippen LogP contribution in [-0.4, -0.2) is 60.5 Å². The van der Waals surface area contributed by atoms with Gasteiger partial charge >= 0.3 is 0 Å². The van der Waals surface area contributed by atoms with E-state index in [2.05, 4.69) is 34.2 Å². The first kappa shape index (κ1) is 18.1. The molecule has 1 aromatic heterocycles. The molecule has 1 amide bonds. The van der Waals surface area contributed by atoms with Crippen LogP contribution in [0.2, 0.25) is 0 Å². The molecule has 0 spiro atoms. The average molecular weight is 351 g/mol. The van der Waals surface area contributed by atoms with Crippen molar-refractivity contribution in [1.29, 1.82) is 0 Å². The third kappa shape index (κ3) is 4.92. The number of hydrogen-bond donors (Lipinski definition) is 0. The van der Waals surface area contributed by atoms with Gasteiger partial charge in [-0.3, -0.25) is 9.69 Å². The predicted molar refractivity (Wildman–Crippen MR) is 103 cm³/mol. The van der Waals surface area contributed by atoms with Crippen LogP contribution in [0.15, 0.2) is 54.7 Å². The topological polar surface area (TPSA) is 45.7 Å². The second-order valence-corrected chi connectivity index (χ2v) is 6.35. The minimum Gasteiger partial charge on any atom is -0.481 e. The molecule has 0 saturated carbocycles. The third-order valence-electron chi connectivity index (χ3n) is 4.54. The molecule has 0 aliphatic carbocycles. The van der Waals surface area contributed by atoms with Gasteiger partial charge in [-0.15, -0.1) is 0 Å². The lowest BCUT2D eigenvalue weighted by Crippen LogP contribution is -2.35. The maximum Gasteiger partial charge on any atom is 0.255 e. The van der Waals surface area contributed by atoms with Gasteiger partial charge in [0.2, 0.25) is 5.88 Å². The zero-order chi connectivity index (χ0) is 18.2. The lowest BCUT2D eigenvalue weighted by molar-refractivity contribution is 0.0761. The molecular weight excluding hydrogens is 326 g/mol. The number of aromatic nitrogens is 1. The zero-order valence-corrected chi connectivity index (χ0v) is 15.2. The van der Waals surface area contributed by atoms with E-state index in [0.717, 1.165) is 39.1 Å². The van der Waals surface area contributed by atoms with Crippen LogP contribution in [0.4, 0.5) is 0 Å². The molecule has 0 bridgehead atoms. The van der Waals surface area contributed by atoms with Crippen LogP contribution in [0, 0.1) is 0 Å². The number of methoxy groups -OCH3 is 1. The first-order chi connectivity index (χ1) is 12.8. The van der Waals surface area contributed by atoms with Crippen LogP contribution in [0.1, 0.15) is 22.3 Å². The Morgan fingerprint density at radius 2 is 1.96 bits per heavy atom. The van der Waals surface area contributed by atoms with E-state index in [1.807, 2.05) is 23.1 Å². The van der Waals surface area contributed by atoms with Crippen LogP contribution < -0.4 is 4.74 Å². The number of ether oxygens (including phenoxy) is 1. The normalized spacial score (nSPS) is 15.8. The molecule has 1 aliphatic heterocycles. The summed E-state index contributed by atoms with van der Waals surface area (Å²) in [7, 11) is 1.57. The average Bonchev–Trinajstić information content (AvgIpc) is 2.94. The Morgan fingerprint density at radius 3 is 2.69 bits per heavy atom. The summed E-state index contributed by atoms with van der Waals surface area (Å²) in [5, 5.41) is 0. The van der Waals surface area contributed by atoms with Gasteiger partial charge in [0.05, 0.1) is 12.7 Å². The molecular formula is C21H25N3O2. The standard InChI is InChI=1S/C21H25N3O2/c1-26-20-11-10-19(17-22-20)21(25)24-14-6-13-23(15-16-24)12-5-9-18-7-3-2-4-8-18/h2-5,7-11,17H,6,12-16H2,1H3. The first-order valence-electron chi connectivity index (χ1n) is 8.99. The Labute approximate surface area is 154 Å². The van der Waals surface area contributed by atoms with E-state index in [9.17, 15) is 4.79 Å². The van der Waals surface area contributed by atoms with Gasteiger partial charge < -0.3 is 9.64 Å². The number of carbonyl (C=O) groups is 1. The Morgan fingerprint density at radius 1 is 1.12 bits per heavy atom. The third-order valence-corrected chi connectivity index (χ3v) is 4.54. The molecule has 1 fully saturated rings. The van der Waals surface area contributed by atoms with Crippen molar-refractivity contribution >= 4 is 12.0 Å². The summed E-state index contributed by atoms with van der Waals surface area (Å²) in [5.74, 6) is 0.565. The number of pyridine rings is 1. The van der Waals surface area contributed by atoms with Crippen molar-refractivity contribution in [3.8, 4) is 5.88 Å². The number of hydrogen-bond acceptors (Lipinski definition) is 4. The first-order valence-corrected chi connectivity index (χ1v) is 8.99. The number of amides is 1. The molecule has 0 N–H and O–H groups in total. The SMILES string of the molecule is COc1ccc(C(=O)N2CCCN(CC=Cc3ccccc3)CC2)cn1. The van der Waals surface area contributed by atoms with E-state index < -0.39 is 0 Å². The number of nitrogens with zero attached hydrogens (tertiary/aromatic N) is 3. The fourth-order valence-corrected chi connectivity index (χ4v) is 3.07. The van der Waals surface area contributed by atoms with Crippen LogP contribution >= 0.6 is 0 Å². The van der Waals surface area contributed by atoms with Gasteiger partial charge in [-0.05, 0) is 18.1 Å². The van der Waals surface area contributed by atoms with E-state index in [0.29, 0.717) is 11.4 Å². The van der Waals surface area contributed by atoms with Crippen LogP contribution in [0.3, 0.4) is 0 Å². The second-order valence-electron chi connectivity index (χ2n) is 6.35. The van der Waals surface area contributed by atoms with Crippen molar-refractivity contribution in [1.82, 2.24) is 14.8 Å². The van der Waals surface area contributed by atoms with Crippen LogP contribution in [0.25, 0.3) is 6.08 Å². The highest BCUT2D eigenvalue weighted by Crippen LogP contribution is 2.12. The molecule has 0 unspecified atom stereocenters. The summed E-state index contributed by atoms with van der Waals surface area (Å²) in [6.07, 6.45) is 6.91. The van der Waals surface area contributed by atoms with E-state index in [1.54, 1.807) is 25.4 Å². The molecule has 0 atom stereocenters.